The molecule has 3 aromatic carbocycles. The third-order valence-corrected chi connectivity index (χ3v) is 7.76. The zero-order chi connectivity index (χ0) is 37.2. The maximum absolute atomic E-state index is 13.2. The van der Waals surface area contributed by atoms with Gasteiger partial charge in [0.15, 0.2) is 0 Å². The van der Waals surface area contributed by atoms with Crippen molar-refractivity contribution in [1.29, 1.82) is 0 Å². The Morgan fingerprint density at radius 2 is 0.673 bits per heavy atom. The van der Waals surface area contributed by atoms with Gasteiger partial charge in [0, 0.05) is 12.1 Å². The number of unbranched alkanes of at least 4 members (excludes halogenated alkanes) is 8. The van der Waals surface area contributed by atoms with Gasteiger partial charge in [-0.2, -0.15) is 0 Å². The molecular weight excluding hydrogens is 656 g/mol. The van der Waals surface area contributed by atoms with Crippen molar-refractivity contribution < 1.29 is 38.0 Å². The summed E-state index contributed by atoms with van der Waals surface area (Å²) in [6.45, 7) is 17.0. The van der Waals surface area contributed by atoms with Crippen LogP contribution >= 0.6 is 0 Å². The van der Waals surface area contributed by atoms with Gasteiger partial charge in [-0.15, -0.1) is 26.3 Å². The largest absolute Gasteiger partial charge is 0.493 e. The highest BCUT2D eigenvalue weighted by Crippen LogP contribution is 2.28. The smallest absolute Gasteiger partial charge is 0.343 e. The van der Waals surface area contributed by atoms with Crippen LogP contribution in [0.5, 0.6) is 34.5 Å². The van der Waals surface area contributed by atoms with Crippen LogP contribution in [0.1, 0.15) is 97.8 Å². The molecule has 0 aromatic heterocycles. The first-order valence-corrected chi connectivity index (χ1v) is 18.2. The summed E-state index contributed by atoms with van der Waals surface area (Å²) in [6.07, 6.45) is 18.5. The molecular formula is C44H54O8. The summed E-state index contributed by atoms with van der Waals surface area (Å²) in [4.78, 5) is 26.5. The maximum atomic E-state index is 13.2. The Morgan fingerprint density at radius 1 is 0.404 bits per heavy atom. The van der Waals surface area contributed by atoms with Gasteiger partial charge in [-0.05, 0) is 126 Å². The number of allylic oxidation sites excluding steroid dienone is 4. The van der Waals surface area contributed by atoms with E-state index in [9.17, 15) is 9.59 Å². The van der Waals surface area contributed by atoms with E-state index < -0.39 is 11.9 Å². The van der Waals surface area contributed by atoms with Gasteiger partial charge >= 0.3 is 11.9 Å². The van der Waals surface area contributed by atoms with E-state index in [4.69, 9.17) is 28.4 Å². The molecule has 0 aliphatic carbocycles. The molecule has 0 unspecified atom stereocenters. The fourth-order valence-electron chi connectivity index (χ4n) is 4.94. The van der Waals surface area contributed by atoms with Crippen molar-refractivity contribution in [2.24, 2.45) is 0 Å². The van der Waals surface area contributed by atoms with E-state index >= 15 is 0 Å². The van der Waals surface area contributed by atoms with E-state index in [1.165, 1.54) is 0 Å². The van der Waals surface area contributed by atoms with Gasteiger partial charge in [0.2, 0.25) is 0 Å². The molecule has 3 aromatic rings. The SMILES string of the molecule is C=CCCCCOc1cc(OCCCCC=C)cc(C(=O)Oc2ccc(OC(=O)c3cc(OCCCCC=C)cc(OCCCCC=C)c3)cc2)c1. The summed E-state index contributed by atoms with van der Waals surface area (Å²) in [5, 5.41) is 0. The number of carbonyl (C=O) groups is 2. The third-order valence-electron chi connectivity index (χ3n) is 7.76. The van der Waals surface area contributed by atoms with Crippen molar-refractivity contribution in [3.63, 3.8) is 0 Å². The zero-order valence-electron chi connectivity index (χ0n) is 30.5. The number of carbonyl (C=O) groups excluding carboxylic acids is 2. The van der Waals surface area contributed by atoms with Crippen LogP contribution in [0.25, 0.3) is 0 Å². The van der Waals surface area contributed by atoms with E-state index in [1.807, 2.05) is 24.3 Å². The van der Waals surface area contributed by atoms with Crippen LogP contribution in [0.15, 0.2) is 111 Å². The number of hydrogen-bond acceptors (Lipinski definition) is 8. The summed E-state index contributed by atoms with van der Waals surface area (Å²) in [6, 6.07) is 16.4. The summed E-state index contributed by atoms with van der Waals surface area (Å²) in [7, 11) is 0. The van der Waals surface area contributed by atoms with Crippen LogP contribution in [0.4, 0.5) is 0 Å². The Bertz CT molecular complexity index is 1370. The molecule has 8 nitrogen and oxygen atoms in total. The van der Waals surface area contributed by atoms with Gasteiger partial charge in [-0.25, -0.2) is 9.59 Å². The van der Waals surface area contributed by atoms with Gasteiger partial charge < -0.3 is 28.4 Å². The minimum Gasteiger partial charge on any atom is -0.493 e. The lowest BCUT2D eigenvalue weighted by Gasteiger charge is -2.13. The lowest BCUT2D eigenvalue weighted by atomic mass is 10.2. The summed E-state index contributed by atoms with van der Waals surface area (Å²) >= 11 is 0. The second-order valence-corrected chi connectivity index (χ2v) is 12.2. The Hall–Kier alpha value is -5.24. The first kappa shape index (κ1) is 41.2. The lowest BCUT2D eigenvalue weighted by Crippen LogP contribution is -2.11. The third kappa shape index (κ3) is 16.2. The Morgan fingerprint density at radius 3 is 0.923 bits per heavy atom. The number of rotatable bonds is 28. The van der Waals surface area contributed by atoms with Gasteiger partial charge in [0.1, 0.15) is 34.5 Å². The molecule has 0 saturated carbocycles. The average Bonchev–Trinajstić information content (AvgIpc) is 3.15. The van der Waals surface area contributed by atoms with E-state index in [0.717, 1.165) is 77.0 Å². The highest BCUT2D eigenvalue weighted by atomic mass is 16.5. The van der Waals surface area contributed by atoms with E-state index in [0.29, 0.717) is 60.6 Å². The number of benzene rings is 3. The first-order chi connectivity index (χ1) is 25.4. The molecule has 278 valence electrons. The molecule has 3 rings (SSSR count). The molecule has 0 radical (unpaired) electrons. The van der Waals surface area contributed by atoms with E-state index in [1.54, 1.807) is 60.7 Å². The standard InChI is InChI=1S/C44H54O8/c1-5-9-13-17-25-47-39-29-35(30-40(33-39)48-26-18-14-10-6-2)43(45)51-37-21-23-38(24-22-37)52-44(46)36-31-41(49-27-19-15-11-7-3)34-42(32-36)50-28-20-16-12-8-4/h5-8,21-24,29-34H,1-4,9-20,25-28H2. The number of hydrogen-bond donors (Lipinski definition) is 0. The molecule has 0 atom stereocenters. The average molecular weight is 711 g/mol. The second kappa shape index (κ2) is 24.8. The quantitative estimate of drug-likeness (QED) is 0.0318. The van der Waals surface area contributed by atoms with Crippen LogP contribution in [0, 0.1) is 0 Å². The number of ether oxygens (including phenoxy) is 6. The van der Waals surface area contributed by atoms with Gasteiger partial charge in [-0.1, -0.05) is 24.3 Å². The minimum atomic E-state index is -0.573. The van der Waals surface area contributed by atoms with Gasteiger partial charge in [0.05, 0.1) is 37.6 Å². The molecule has 0 amide bonds. The molecule has 52 heavy (non-hydrogen) atoms. The topological polar surface area (TPSA) is 89.5 Å². The van der Waals surface area contributed by atoms with E-state index in [-0.39, 0.29) is 11.5 Å². The Labute approximate surface area is 309 Å². The van der Waals surface area contributed by atoms with Crippen molar-refractivity contribution in [3.05, 3.63) is 122 Å². The normalized spacial score (nSPS) is 10.5. The summed E-state index contributed by atoms with van der Waals surface area (Å²) < 4.78 is 35.1. The summed E-state index contributed by atoms with van der Waals surface area (Å²) in [5.41, 5.74) is 0.587. The maximum Gasteiger partial charge on any atom is 0.343 e. The van der Waals surface area contributed by atoms with Crippen LogP contribution in [-0.4, -0.2) is 38.4 Å². The minimum absolute atomic E-state index is 0.284. The summed E-state index contributed by atoms with van der Waals surface area (Å²) in [5.74, 6) is 1.53. The molecule has 0 aliphatic heterocycles. The molecule has 0 heterocycles. The predicted molar refractivity (Wildman–Crippen MR) is 207 cm³/mol. The van der Waals surface area contributed by atoms with Crippen LogP contribution < -0.4 is 28.4 Å². The van der Waals surface area contributed by atoms with Crippen LogP contribution in [0.2, 0.25) is 0 Å². The monoisotopic (exact) mass is 710 g/mol. The second-order valence-electron chi connectivity index (χ2n) is 12.2. The van der Waals surface area contributed by atoms with Crippen molar-refractivity contribution in [1.82, 2.24) is 0 Å². The van der Waals surface area contributed by atoms with Gasteiger partial charge in [0.25, 0.3) is 0 Å². The highest BCUT2D eigenvalue weighted by Gasteiger charge is 2.16. The molecule has 0 aliphatic rings. The lowest BCUT2D eigenvalue weighted by molar-refractivity contribution is 0.0718. The molecule has 0 bridgehead atoms. The fourth-order valence-corrected chi connectivity index (χ4v) is 4.94. The van der Waals surface area contributed by atoms with Crippen molar-refractivity contribution >= 4 is 11.9 Å². The molecule has 0 spiro atoms. The predicted octanol–water partition coefficient (Wildman–Crippen LogP) is 11.1. The van der Waals surface area contributed by atoms with Crippen molar-refractivity contribution in [3.8, 4) is 34.5 Å². The van der Waals surface area contributed by atoms with Crippen molar-refractivity contribution in [2.45, 2.75) is 77.0 Å². The molecule has 0 saturated heterocycles. The van der Waals surface area contributed by atoms with Crippen molar-refractivity contribution in [2.75, 3.05) is 26.4 Å². The fraction of sp³-hybridized carbons (Fsp3) is 0.364. The van der Waals surface area contributed by atoms with Crippen LogP contribution in [0.3, 0.4) is 0 Å². The molecule has 8 heteroatoms. The zero-order valence-corrected chi connectivity index (χ0v) is 30.5. The van der Waals surface area contributed by atoms with Crippen LogP contribution in [-0.2, 0) is 0 Å². The molecule has 0 fully saturated rings. The first-order valence-electron chi connectivity index (χ1n) is 18.2. The van der Waals surface area contributed by atoms with Gasteiger partial charge in [-0.3, -0.25) is 0 Å². The Balaban J connectivity index is 1.66. The molecule has 0 N–H and O–H groups in total. The Kier molecular flexibility index (Phi) is 19.7. The number of esters is 2. The highest BCUT2D eigenvalue weighted by molar-refractivity contribution is 5.93. The van der Waals surface area contributed by atoms with E-state index in [2.05, 4.69) is 26.3 Å².